The molecule has 0 heterocycles. The third kappa shape index (κ3) is 2.34. The van der Waals surface area contributed by atoms with Gasteiger partial charge in [0, 0.05) is 12.0 Å². The van der Waals surface area contributed by atoms with Crippen molar-refractivity contribution in [3.63, 3.8) is 0 Å². The summed E-state index contributed by atoms with van der Waals surface area (Å²) in [6.07, 6.45) is 0.310. The van der Waals surface area contributed by atoms with Crippen molar-refractivity contribution in [3.8, 4) is 5.75 Å². The van der Waals surface area contributed by atoms with E-state index in [2.05, 4.69) is 0 Å². The molecule has 0 fully saturated rings. The molecule has 0 bridgehead atoms. The van der Waals surface area contributed by atoms with Crippen LogP contribution in [0.2, 0.25) is 0 Å². The minimum atomic E-state index is -1.68. The zero-order valence-corrected chi connectivity index (χ0v) is 7.77. The second kappa shape index (κ2) is 4.26. The molecule has 0 unspecified atom stereocenters. The van der Waals surface area contributed by atoms with Crippen molar-refractivity contribution in [1.29, 1.82) is 0 Å². The number of benzene rings is 1. The van der Waals surface area contributed by atoms with Crippen LogP contribution in [0.1, 0.15) is 23.7 Å². The van der Waals surface area contributed by atoms with Gasteiger partial charge in [-0.05, 0) is 17.6 Å². The average molecular weight is 194 g/mol. The Morgan fingerprint density at radius 3 is 2.50 bits per heavy atom. The van der Waals surface area contributed by atoms with E-state index < -0.39 is 7.12 Å². The molecule has 0 aliphatic carbocycles. The van der Waals surface area contributed by atoms with Gasteiger partial charge in [-0.3, -0.25) is 4.79 Å². The highest BCUT2D eigenvalue weighted by Gasteiger charge is 2.14. The minimum absolute atomic E-state index is 0.113. The lowest BCUT2D eigenvalue weighted by molar-refractivity contribution is 0.0988. The van der Waals surface area contributed by atoms with E-state index in [0.29, 0.717) is 6.42 Å². The first-order chi connectivity index (χ1) is 6.54. The van der Waals surface area contributed by atoms with Gasteiger partial charge in [0.15, 0.2) is 5.78 Å². The number of ketones is 1. The van der Waals surface area contributed by atoms with E-state index in [1.807, 2.05) is 0 Å². The molecule has 5 heteroatoms. The average Bonchev–Trinajstić information content (AvgIpc) is 2.15. The van der Waals surface area contributed by atoms with E-state index >= 15 is 0 Å². The smallest absolute Gasteiger partial charge is 0.488 e. The summed E-state index contributed by atoms with van der Waals surface area (Å²) in [5.41, 5.74) is 0.400. The van der Waals surface area contributed by atoms with Gasteiger partial charge in [0.05, 0.1) is 0 Å². The molecule has 1 aromatic carbocycles. The first-order valence-electron chi connectivity index (χ1n) is 4.28. The molecule has 0 amide bonds. The summed E-state index contributed by atoms with van der Waals surface area (Å²) in [5.74, 6) is -0.296. The Morgan fingerprint density at radius 1 is 1.36 bits per heavy atom. The lowest BCUT2D eigenvalue weighted by atomic mass is 9.79. The van der Waals surface area contributed by atoms with Gasteiger partial charge in [0.2, 0.25) is 0 Å². The van der Waals surface area contributed by atoms with Crippen LogP contribution in [0.3, 0.4) is 0 Å². The van der Waals surface area contributed by atoms with Crippen LogP contribution < -0.4 is 5.46 Å². The van der Waals surface area contributed by atoms with Gasteiger partial charge in [0.25, 0.3) is 0 Å². The molecule has 0 atom stereocenters. The molecule has 74 valence electrons. The third-order valence-corrected chi connectivity index (χ3v) is 1.88. The van der Waals surface area contributed by atoms with Crippen LogP contribution in [0.4, 0.5) is 0 Å². The topological polar surface area (TPSA) is 77.8 Å². The number of carbonyl (C=O) groups is 1. The number of hydrogen-bond acceptors (Lipinski definition) is 4. The first kappa shape index (κ1) is 10.8. The summed E-state index contributed by atoms with van der Waals surface area (Å²) in [6.45, 7) is 1.70. The zero-order chi connectivity index (χ0) is 10.7. The first-order valence-corrected chi connectivity index (χ1v) is 4.28. The van der Waals surface area contributed by atoms with Crippen LogP contribution in [0.5, 0.6) is 5.75 Å². The maximum absolute atomic E-state index is 11.3. The second-order valence-corrected chi connectivity index (χ2v) is 2.96. The van der Waals surface area contributed by atoms with Gasteiger partial charge in [-0.2, -0.15) is 0 Å². The van der Waals surface area contributed by atoms with Crippen LogP contribution in [0, 0.1) is 0 Å². The molecular formula is C9H11BO4. The molecule has 0 saturated heterocycles. The standard InChI is InChI=1S/C9H11BO4/c1-2-9(12)6-3-7(10(13)14)5-8(11)4-6/h3-5,11,13-14H,2H2,1H3. The molecule has 14 heavy (non-hydrogen) atoms. The fourth-order valence-corrected chi connectivity index (χ4v) is 1.15. The molecule has 0 aliphatic heterocycles. The van der Waals surface area contributed by atoms with Crippen molar-refractivity contribution < 1.29 is 19.9 Å². The van der Waals surface area contributed by atoms with Crippen molar-refractivity contribution in [2.75, 3.05) is 0 Å². The van der Waals surface area contributed by atoms with Gasteiger partial charge in [-0.25, -0.2) is 0 Å². The van der Waals surface area contributed by atoms with E-state index in [-0.39, 0.29) is 22.6 Å². The molecule has 1 rings (SSSR count). The molecular weight excluding hydrogens is 183 g/mol. The Balaban J connectivity index is 3.13. The van der Waals surface area contributed by atoms with Crippen LogP contribution in [0.15, 0.2) is 18.2 Å². The Kier molecular flexibility index (Phi) is 3.27. The molecule has 0 spiro atoms. The number of rotatable bonds is 3. The molecule has 0 aromatic heterocycles. The van der Waals surface area contributed by atoms with Crippen molar-refractivity contribution in [1.82, 2.24) is 0 Å². The predicted octanol–water partition coefficient (Wildman–Crippen LogP) is -0.335. The van der Waals surface area contributed by atoms with Crippen molar-refractivity contribution >= 4 is 18.4 Å². The van der Waals surface area contributed by atoms with Gasteiger partial charge >= 0.3 is 7.12 Å². The number of carbonyl (C=O) groups excluding carboxylic acids is 1. The largest absolute Gasteiger partial charge is 0.508 e. The van der Waals surface area contributed by atoms with Crippen molar-refractivity contribution in [2.45, 2.75) is 13.3 Å². The maximum Gasteiger partial charge on any atom is 0.488 e. The van der Waals surface area contributed by atoms with Gasteiger partial charge < -0.3 is 15.2 Å². The van der Waals surface area contributed by atoms with Crippen LogP contribution in [-0.2, 0) is 0 Å². The van der Waals surface area contributed by atoms with E-state index in [1.54, 1.807) is 6.92 Å². The quantitative estimate of drug-likeness (QED) is 0.454. The summed E-state index contributed by atoms with van der Waals surface area (Å²) in [6, 6.07) is 3.87. The fraction of sp³-hybridized carbons (Fsp3) is 0.222. The van der Waals surface area contributed by atoms with E-state index in [9.17, 15) is 9.90 Å². The Hall–Kier alpha value is -1.33. The number of Topliss-reactive ketones (excluding diaryl/α,β-unsaturated/α-hetero) is 1. The number of phenols is 1. The Morgan fingerprint density at radius 2 is 2.00 bits per heavy atom. The predicted molar refractivity (Wildman–Crippen MR) is 52.6 cm³/mol. The minimum Gasteiger partial charge on any atom is -0.508 e. The summed E-state index contributed by atoms with van der Waals surface area (Å²) in [7, 11) is -1.68. The Labute approximate surface area is 82.0 Å². The van der Waals surface area contributed by atoms with Crippen molar-refractivity contribution in [3.05, 3.63) is 23.8 Å². The third-order valence-electron chi connectivity index (χ3n) is 1.88. The lowest BCUT2D eigenvalue weighted by Crippen LogP contribution is -2.30. The summed E-state index contributed by atoms with van der Waals surface area (Å²) < 4.78 is 0. The normalized spacial score (nSPS) is 9.93. The maximum atomic E-state index is 11.3. The van der Waals surface area contributed by atoms with Crippen molar-refractivity contribution in [2.24, 2.45) is 0 Å². The lowest BCUT2D eigenvalue weighted by Gasteiger charge is -2.04. The zero-order valence-electron chi connectivity index (χ0n) is 7.77. The van der Waals surface area contributed by atoms with E-state index in [0.717, 1.165) is 0 Å². The Bertz CT molecular complexity index is 349. The number of hydrogen-bond donors (Lipinski definition) is 3. The monoisotopic (exact) mass is 194 g/mol. The second-order valence-electron chi connectivity index (χ2n) is 2.96. The van der Waals surface area contributed by atoms with E-state index in [1.165, 1.54) is 18.2 Å². The van der Waals surface area contributed by atoms with Crippen LogP contribution >= 0.6 is 0 Å². The number of aromatic hydroxyl groups is 1. The molecule has 1 aromatic rings. The van der Waals surface area contributed by atoms with Crippen LogP contribution in [0.25, 0.3) is 0 Å². The van der Waals surface area contributed by atoms with Gasteiger partial charge in [-0.1, -0.05) is 13.0 Å². The molecule has 4 nitrogen and oxygen atoms in total. The molecule has 0 radical (unpaired) electrons. The van der Waals surface area contributed by atoms with Gasteiger partial charge in [0.1, 0.15) is 5.75 Å². The SMILES string of the molecule is CCC(=O)c1cc(O)cc(B(O)O)c1. The highest BCUT2D eigenvalue weighted by Crippen LogP contribution is 2.11. The summed E-state index contributed by atoms with van der Waals surface area (Å²) in [5, 5.41) is 26.9. The van der Waals surface area contributed by atoms with Crippen LogP contribution in [-0.4, -0.2) is 28.1 Å². The number of phenolic OH excluding ortho intramolecular Hbond substituents is 1. The molecule has 0 saturated carbocycles. The summed E-state index contributed by atoms with van der Waals surface area (Å²) in [4.78, 5) is 11.3. The highest BCUT2D eigenvalue weighted by molar-refractivity contribution is 6.58. The molecule has 0 aliphatic rings. The van der Waals surface area contributed by atoms with Gasteiger partial charge in [-0.15, -0.1) is 0 Å². The fourth-order valence-electron chi connectivity index (χ4n) is 1.15. The van der Waals surface area contributed by atoms with E-state index in [4.69, 9.17) is 10.0 Å². The molecule has 3 N–H and O–H groups in total. The summed E-state index contributed by atoms with van der Waals surface area (Å²) >= 11 is 0. The highest BCUT2D eigenvalue weighted by atomic mass is 16.4.